The van der Waals surface area contributed by atoms with Gasteiger partial charge in [-0.05, 0) is 24.7 Å². The van der Waals surface area contributed by atoms with Crippen molar-refractivity contribution in [2.24, 2.45) is 0 Å². The number of halogens is 1. The number of hydrogen-bond acceptors (Lipinski definition) is 5. The summed E-state index contributed by atoms with van der Waals surface area (Å²) < 4.78 is 15.7. The third kappa shape index (κ3) is 4.77. The van der Waals surface area contributed by atoms with E-state index in [4.69, 9.17) is 14.2 Å². The van der Waals surface area contributed by atoms with Crippen LogP contribution in [0, 0.1) is 0 Å². The van der Waals surface area contributed by atoms with Gasteiger partial charge in [-0.15, -0.1) is 12.4 Å². The lowest BCUT2D eigenvalue weighted by atomic mass is 10.2. The smallest absolute Gasteiger partial charge is 0.236 e. The molecule has 0 unspecified atom stereocenters. The molecule has 0 aromatic heterocycles. The van der Waals surface area contributed by atoms with E-state index in [9.17, 15) is 4.79 Å². The summed E-state index contributed by atoms with van der Waals surface area (Å²) in [5.41, 5.74) is 1.01. The SMILES string of the molecule is CNCC(=O)N(CCOC)Cc1ccc2c(c1)OCO2.Cl. The van der Waals surface area contributed by atoms with E-state index in [0.29, 0.717) is 26.2 Å². The molecule has 1 aromatic rings. The Morgan fingerprint density at radius 3 is 2.86 bits per heavy atom. The number of ether oxygens (including phenoxy) is 3. The maximum Gasteiger partial charge on any atom is 0.236 e. The van der Waals surface area contributed by atoms with Gasteiger partial charge in [0.25, 0.3) is 0 Å². The number of likely N-dealkylation sites (N-methyl/N-ethyl adjacent to an activating group) is 1. The Labute approximate surface area is 130 Å². The largest absolute Gasteiger partial charge is 0.454 e. The first-order chi connectivity index (χ1) is 9.74. The molecule has 1 N–H and O–H groups in total. The van der Waals surface area contributed by atoms with Crippen LogP contribution in [0.15, 0.2) is 18.2 Å². The van der Waals surface area contributed by atoms with Gasteiger partial charge in [0.1, 0.15) is 0 Å². The van der Waals surface area contributed by atoms with Crippen LogP contribution in [0.1, 0.15) is 5.56 Å². The Balaban J connectivity index is 0.00000220. The van der Waals surface area contributed by atoms with Crippen LogP contribution in [0.3, 0.4) is 0 Å². The van der Waals surface area contributed by atoms with E-state index in [1.165, 1.54) is 0 Å². The molecule has 0 fully saturated rings. The second-order valence-corrected chi connectivity index (χ2v) is 4.53. The lowest BCUT2D eigenvalue weighted by Crippen LogP contribution is -2.38. The van der Waals surface area contributed by atoms with Crippen LogP contribution < -0.4 is 14.8 Å². The minimum absolute atomic E-state index is 0. The third-order valence-electron chi connectivity index (χ3n) is 3.06. The number of carbonyl (C=O) groups excluding carboxylic acids is 1. The fourth-order valence-corrected chi connectivity index (χ4v) is 2.02. The number of methoxy groups -OCH3 is 1. The highest BCUT2D eigenvalue weighted by atomic mass is 35.5. The molecular weight excluding hydrogens is 296 g/mol. The second-order valence-electron chi connectivity index (χ2n) is 4.53. The first kappa shape index (κ1) is 17.6. The van der Waals surface area contributed by atoms with Gasteiger partial charge in [0.2, 0.25) is 12.7 Å². The van der Waals surface area contributed by atoms with Gasteiger partial charge < -0.3 is 24.4 Å². The number of carbonyl (C=O) groups is 1. The molecule has 1 aliphatic rings. The lowest BCUT2D eigenvalue weighted by molar-refractivity contribution is -0.131. The van der Waals surface area contributed by atoms with Crippen LogP contribution in [-0.4, -0.2) is 51.5 Å². The minimum atomic E-state index is 0. The summed E-state index contributed by atoms with van der Waals surface area (Å²) >= 11 is 0. The summed E-state index contributed by atoms with van der Waals surface area (Å²) in [6, 6.07) is 5.73. The lowest BCUT2D eigenvalue weighted by Gasteiger charge is -2.22. The molecule has 0 saturated carbocycles. The molecule has 0 aliphatic carbocycles. The second kappa shape index (κ2) is 8.71. The highest BCUT2D eigenvalue weighted by molar-refractivity contribution is 5.85. The van der Waals surface area contributed by atoms with Gasteiger partial charge in [-0.2, -0.15) is 0 Å². The predicted octanol–water partition coefficient (Wildman–Crippen LogP) is 1.03. The molecular formula is C14H21ClN2O4. The van der Waals surface area contributed by atoms with E-state index in [1.807, 2.05) is 18.2 Å². The number of benzene rings is 1. The van der Waals surface area contributed by atoms with Crippen molar-refractivity contribution in [2.75, 3.05) is 40.6 Å². The molecule has 0 bridgehead atoms. The fraction of sp³-hybridized carbons (Fsp3) is 0.500. The van der Waals surface area contributed by atoms with Gasteiger partial charge in [-0.3, -0.25) is 4.79 Å². The highest BCUT2D eigenvalue weighted by Crippen LogP contribution is 2.32. The van der Waals surface area contributed by atoms with Crippen LogP contribution in [0.25, 0.3) is 0 Å². The molecule has 1 heterocycles. The number of nitrogens with zero attached hydrogens (tertiary/aromatic N) is 1. The number of hydrogen-bond donors (Lipinski definition) is 1. The Morgan fingerprint density at radius 2 is 2.14 bits per heavy atom. The molecule has 118 valence electrons. The van der Waals surface area contributed by atoms with E-state index in [-0.39, 0.29) is 25.1 Å². The fourth-order valence-electron chi connectivity index (χ4n) is 2.02. The van der Waals surface area contributed by atoms with Gasteiger partial charge in [-0.25, -0.2) is 0 Å². The van der Waals surface area contributed by atoms with Crippen molar-refractivity contribution in [3.63, 3.8) is 0 Å². The van der Waals surface area contributed by atoms with Crippen molar-refractivity contribution >= 4 is 18.3 Å². The Kier molecular flexibility index (Phi) is 7.28. The molecule has 0 spiro atoms. The van der Waals surface area contributed by atoms with Crippen molar-refractivity contribution in [3.8, 4) is 11.5 Å². The third-order valence-corrected chi connectivity index (χ3v) is 3.06. The van der Waals surface area contributed by atoms with Crippen LogP contribution in [0.4, 0.5) is 0 Å². The van der Waals surface area contributed by atoms with E-state index in [2.05, 4.69) is 5.32 Å². The molecule has 2 rings (SSSR count). The number of amides is 1. The van der Waals surface area contributed by atoms with Crippen LogP contribution in [0.5, 0.6) is 11.5 Å². The molecule has 1 aliphatic heterocycles. The summed E-state index contributed by atoms with van der Waals surface area (Å²) in [6.45, 7) is 2.17. The van der Waals surface area contributed by atoms with Crippen molar-refractivity contribution in [1.82, 2.24) is 10.2 Å². The van der Waals surface area contributed by atoms with Gasteiger partial charge >= 0.3 is 0 Å². The zero-order valence-corrected chi connectivity index (χ0v) is 13.1. The van der Waals surface area contributed by atoms with E-state index in [1.54, 1.807) is 19.1 Å². The quantitative estimate of drug-likeness (QED) is 0.814. The van der Waals surface area contributed by atoms with Crippen molar-refractivity contribution < 1.29 is 19.0 Å². The number of rotatable bonds is 7. The monoisotopic (exact) mass is 316 g/mol. The molecule has 1 aromatic carbocycles. The molecule has 7 heteroatoms. The van der Waals surface area contributed by atoms with Crippen molar-refractivity contribution in [1.29, 1.82) is 0 Å². The van der Waals surface area contributed by atoms with Gasteiger partial charge in [-0.1, -0.05) is 6.07 Å². The molecule has 6 nitrogen and oxygen atoms in total. The first-order valence-corrected chi connectivity index (χ1v) is 6.54. The first-order valence-electron chi connectivity index (χ1n) is 6.54. The topological polar surface area (TPSA) is 60.0 Å². The number of fused-ring (bicyclic) bond motifs is 1. The maximum atomic E-state index is 12.0. The average Bonchev–Trinajstić information content (AvgIpc) is 2.91. The Morgan fingerprint density at radius 1 is 1.38 bits per heavy atom. The summed E-state index contributed by atoms with van der Waals surface area (Å²) in [6.07, 6.45) is 0. The zero-order valence-electron chi connectivity index (χ0n) is 12.3. The number of nitrogens with one attached hydrogen (secondary N) is 1. The van der Waals surface area contributed by atoms with Gasteiger partial charge in [0, 0.05) is 20.2 Å². The molecule has 1 amide bonds. The molecule has 0 atom stereocenters. The standard InChI is InChI=1S/C14H20N2O4.ClH/c1-15-8-14(17)16(5-6-18-2)9-11-3-4-12-13(7-11)20-10-19-12;/h3-4,7,15H,5-6,8-10H2,1-2H3;1H. The highest BCUT2D eigenvalue weighted by Gasteiger charge is 2.17. The van der Waals surface area contributed by atoms with Gasteiger partial charge in [0.05, 0.1) is 13.2 Å². The zero-order chi connectivity index (χ0) is 14.4. The van der Waals surface area contributed by atoms with Crippen molar-refractivity contribution in [3.05, 3.63) is 23.8 Å². The molecule has 0 saturated heterocycles. The van der Waals surface area contributed by atoms with Gasteiger partial charge in [0.15, 0.2) is 11.5 Å². The van der Waals surface area contributed by atoms with Crippen LogP contribution in [-0.2, 0) is 16.1 Å². The normalized spacial score (nSPS) is 11.9. The molecule has 0 radical (unpaired) electrons. The van der Waals surface area contributed by atoms with E-state index < -0.39 is 0 Å². The summed E-state index contributed by atoms with van der Waals surface area (Å²) in [5, 5.41) is 2.88. The van der Waals surface area contributed by atoms with Crippen molar-refractivity contribution in [2.45, 2.75) is 6.54 Å². The Bertz CT molecular complexity index is 470. The van der Waals surface area contributed by atoms with Crippen LogP contribution >= 0.6 is 12.4 Å². The summed E-state index contributed by atoms with van der Waals surface area (Å²) in [5.74, 6) is 1.52. The predicted molar refractivity (Wildman–Crippen MR) is 81.0 cm³/mol. The Hall–Kier alpha value is -1.50. The van der Waals surface area contributed by atoms with E-state index >= 15 is 0 Å². The summed E-state index contributed by atoms with van der Waals surface area (Å²) in [7, 11) is 3.38. The average molecular weight is 317 g/mol. The van der Waals surface area contributed by atoms with E-state index in [0.717, 1.165) is 17.1 Å². The maximum absolute atomic E-state index is 12.0. The minimum Gasteiger partial charge on any atom is -0.454 e. The van der Waals surface area contributed by atoms with Crippen LogP contribution in [0.2, 0.25) is 0 Å². The molecule has 21 heavy (non-hydrogen) atoms. The summed E-state index contributed by atoms with van der Waals surface area (Å²) in [4.78, 5) is 13.8.